The highest BCUT2D eigenvalue weighted by molar-refractivity contribution is 7.99. The van der Waals surface area contributed by atoms with Crippen molar-refractivity contribution in [3.8, 4) is 0 Å². The third-order valence-corrected chi connectivity index (χ3v) is 3.92. The molecule has 0 radical (unpaired) electrons. The molecule has 0 unspecified atom stereocenters. The van der Waals surface area contributed by atoms with Crippen LogP contribution < -0.4 is 5.73 Å². The zero-order valence-corrected chi connectivity index (χ0v) is 11.6. The normalized spacial score (nSPS) is 11.8. The highest BCUT2D eigenvalue weighted by atomic mass is 32.2. The maximum absolute atomic E-state index is 12.5. The van der Waals surface area contributed by atoms with Crippen LogP contribution in [0.4, 0.5) is 18.9 Å². The second-order valence-electron chi connectivity index (χ2n) is 4.27. The summed E-state index contributed by atoms with van der Waals surface area (Å²) in [6.07, 6.45) is -0.774. The number of nitrogens with two attached hydrogens (primary N) is 1. The maximum atomic E-state index is 12.5. The van der Waals surface area contributed by atoms with E-state index in [2.05, 4.69) is 4.98 Å². The van der Waals surface area contributed by atoms with Crippen LogP contribution in [0.15, 0.2) is 35.5 Å². The Morgan fingerprint density at radius 2 is 2.10 bits per heavy atom. The Morgan fingerprint density at radius 1 is 1.35 bits per heavy atom. The molecule has 0 aliphatic rings. The highest BCUT2D eigenvalue weighted by Crippen LogP contribution is 2.34. The van der Waals surface area contributed by atoms with E-state index in [0.717, 1.165) is 24.5 Å². The van der Waals surface area contributed by atoms with Crippen LogP contribution in [0.5, 0.6) is 0 Å². The molecule has 7 heteroatoms. The molecule has 2 N–H and O–H groups in total. The van der Waals surface area contributed by atoms with Crippen molar-refractivity contribution in [3.05, 3.63) is 42.0 Å². The average molecular weight is 301 g/mol. The van der Waals surface area contributed by atoms with Crippen molar-refractivity contribution in [3.63, 3.8) is 0 Å². The summed E-state index contributed by atoms with van der Waals surface area (Å²) in [5, 5.41) is 0. The number of thioether (sulfide) groups is 1. The second-order valence-corrected chi connectivity index (χ2v) is 5.40. The maximum Gasteiger partial charge on any atom is 0.416 e. The van der Waals surface area contributed by atoms with E-state index in [1.54, 1.807) is 6.20 Å². The van der Waals surface area contributed by atoms with Crippen molar-refractivity contribution in [2.45, 2.75) is 24.5 Å². The Morgan fingerprint density at radius 3 is 2.65 bits per heavy atom. The van der Waals surface area contributed by atoms with Gasteiger partial charge in [-0.3, -0.25) is 0 Å². The summed E-state index contributed by atoms with van der Waals surface area (Å²) in [5.74, 6) is 1.62. The first kappa shape index (κ1) is 14.8. The predicted molar refractivity (Wildman–Crippen MR) is 73.5 cm³/mol. The first-order valence-corrected chi connectivity index (χ1v) is 6.94. The lowest BCUT2D eigenvalue weighted by Gasteiger charge is -2.11. The lowest BCUT2D eigenvalue weighted by Crippen LogP contribution is -2.06. The largest absolute Gasteiger partial charge is 0.416 e. The molecule has 0 amide bonds. The molecular weight excluding hydrogens is 287 g/mol. The Labute approximate surface area is 119 Å². The molecule has 0 aliphatic carbocycles. The molecule has 1 aromatic carbocycles. The van der Waals surface area contributed by atoms with Crippen molar-refractivity contribution in [2.75, 3.05) is 11.5 Å². The Bertz CT molecular complexity index is 593. The standard InChI is InChI=1S/C13H14F3N3S/c1-9-18-4-5-19(9)6-7-20-12-3-2-10(8-11(12)17)13(14,15)16/h2-5,8H,6-7,17H2,1H3. The molecule has 1 heterocycles. The number of aryl methyl sites for hydroxylation is 2. The third-order valence-electron chi connectivity index (χ3n) is 2.85. The monoisotopic (exact) mass is 301 g/mol. The molecule has 2 rings (SSSR count). The fourth-order valence-electron chi connectivity index (χ4n) is 1.75. The Kier molecular flexibility index (Phi) is 4.27. The summed E-state index contributed by atoms with van der Waals surface area (Å²) in [5.41, 5.74) is 5.11. The zero-order valence-electron chi connectivity index (χ0n) is 10.8. The van der Waals surface area contributed by atoms with Gasteiger partial charge in [0.25, 0.3) is 0 Å². The van der Waals surface area contributed by atoms with Gasteiger partial charge in [-0.25, -0.2) is 4.98 Å². The van der Waals surface area contributed by atoms with Gasteiger partial charge in [0, 0.05) is 35.3 Å². The first-order valence-electron chi connectivity index (χ1n) is 5.95. The van der Waals surface area contributed by atoms with E-state index in [-0.39, 0.29) is 5.69 Å². The molecule has 0 atom stereocenters. The number of halogens is 3. The number of hydrogen-bond acceptors (Lipinski definition) is 3. The van der Waals surface area contributed by atoms with Crippen LogP contribution in [-0.2, 0) is 12.7 Å². The SMILES string of the molecule is Cc1nccn1CCSc1ccc(C(F)(F)F)cc1N. The molecule has 20 heavy (non-hydrogen) atoms. The van der Waals surface area contributed by atoms with Crippen LogP contribution in [0.2, 0.25) is 0 Å². The molecule has 2 aromatic rings. The van der Waals surface area contributed by atoms with E-state index in [1.807, 2.05) is 17.7 Å². The lowest BCUT2D eigenvalue weighted by molar-refractivity contribution is -0.137. The minimum Gasteiger partial charge on any atom is -0.398 e. The Hall–Kier alpha value is -1.63. The van der Waals surface area contributed by atoms with E-state index in [0.29, 0.717) is 10.6 Å². The van der Waals surface area contributed by atoms with Crippen LogP contribution in [-0.4, -0.2) is 15.3 Å². The van der Waals surface area contributed by atoms with E-state index in [4.69, 9.17) is 5.73 Å². The quantitative estimate of drug-likeness (QED) is 0.693. The van der Waals surface area contributed by atoms with Crippen LogP contribution in [0, 0.1) is 6.92 Å². The van der Waals surface area contributed by atoms with Crippen LogP contribution in [0.25, 0.3) is 0 Å². The minimum absolute atomic E-state index is 0.159. The smallest absolute Gasteiger partial charge is 0.398 e. The molecule has 0 aliphatic heterocycles. The van der Waals surface area contributed by atoms with E-state index >= 15 is 0 Å². The fourth-order valence-corrected chi connectivity index (χ4v) is 2.65. The molecule has 0 fully saturated rings. The molecule has 0 saturated carbocycles. The molecule has 0 bridgehead atoms. The molecule has 108 valence electrons. The summed E-state index contributed by atoms with van der Waals surface area (Å²) >= 11 is 1.43. The van der Waals surface area contributed by atoms with Gasteiger partial charge < -0.3 is 10.3 Å². The van der Waals surface area contributed by atoms with Gasteiger partial charge >= 0.3 is 6.18 Å². The van der Waals surface area contributed by atoms with E-state index in [1.165, 1.54) is 17.8 Å². The van der Waals surface area contributed by atoms with Crippen molar-refractivity contribution in [1.29, 1.82) is 0 Å². The topological polar surface area (TPSA) is 43.8 Å². The number of alkyl halides is 3. The summed E-state index contributed by atoms with van der Waals surface area (Å²) in [6.45, 7) is 2.63. The van der Waals surface area contributed by atoms with Crippen molar-refractivity contribution in [1.82, 2.24) is 9.55 Å². The fraction of sp³-hybridized carbons (Fsp3) is 0.308. The van der Waals surface area contributed by atoms with Gasteiger partial charge in [-0.2, -0.15) is 13.2 Å². The number of imidazole rings is 1. The van der Waals surface area contributed by atoms with E-state index < -0.39 is 11.7 Å². The van der Waals surface area contributed by atoms with Gasteiger partial charge in [0.05, 0.1) is 5.56 Å². The number of nitrogens with zero attached hydrogens (tertiary/aromatic N) is 2. The highest BCUT2D eigenvalue weighted by Gasteiger charge is 2.30. The van der Waals surface area contributed by atoms with Gasteiger partial charge in [-0.05, 0) is 25.1 Å². The molecule has 0 spiro atoms. The summed E-state index contributed by atoms with van der Waals surface area (Å²) in [6, 6.07) is 3.45. The second kappa shape index (κ2) is 5.78. The predicted octanol–water partition coefficient (Wildman–Crippen LogP) is 3.58. The average Bonchev–Trinajstić information content (AvgIpc) is 2.76. The zero-order chi connectivity index (χ0) is 14.8. The van der Waals surface area contributed by atoms with Gasteiger partial charge in [0.1, 0.15) is 5.82 Å². The number of anilines is 1. The lowest BCUT2D eigenvalue weighted by atomic mass is 10.2. The summed E-state index contributed by atoms with van der Waals surface area (Å²) in [4.78, 5) is 4.77. The van der Waals surface area contributed by atoms with Crippen LogP contribution >= 0.6 is 11.8 Å². The molecule has 0 saturated heterocycles. The van der Waals surface area contributed by atoms with Gasteiger partial charge in [-0.15, -0.1) is 11.8 Å². The Balaban J connectivity index is 1.98. The van der Waals surface area contributed by atoms with Crippen LogP contribution in [0.1, 0.15) is 11.4 Å². The summed E-state index contributed by atoms with van der Waals surface area (Å²) < 4.78 is 39.5. The van der Waals surface area contributed by atoms with Crippen molar-refractivity contribution < 1.29 is 13.2 Å². The third kappa shape index (κ3) is 3.47. The van der Waals surface area contributed by atoms with Gasteiger partial charge in [-0.1, -0.05) is 0 Å². The van der Waals surface area contributed by atoms with E-state index in [9.17, 15) is 13.2 Å². The first-order chi connectivity index (χ1) is 9.38. The summed E-state index contributed by atoms with van der Waals surface area (Å²) in [7, 11) is 0. The number of hydrogen-bond donors (Lipinski definition) is 1. The molecule has 1 aromatic heterocycles. The number of rotatable bonds is 4. The van der Waals surface area contributed by atoms with Crippen LogP contribution in [0.3, 0.4) is 0 Å². The minimum atomic E-state index is -4.36. The number of benzene rings is 1. The van der Waals surface area contributed by atoms with Crippen molar-refractivity contribution in [2.24, 2.45) is 0 Å². The molecular formula is C13H14F3N3S. The van der Waals surface area contributed by atoms with Crippen molar-refractivity contribution >= 4 is 17.4 Å². The number of aromatic nitrogens is 2. The van der Waals surface area contributed by atoms with Gasteiger partial charge in [0.15, 0.2) is 0 Å². The number of nitrogen functional groups attached to an aromatic ring is 1. The van der Waals surface area contributed by atoms with Gasteiger partial charge in [0.2, 0.25) is 0 Å². The molecule has 3 nitrogen and oxygen atoms in total.